The Kier molecular flexibility index (Phi) is 3.69. The van der Waals surface area contributed by atoms with Gasteiger partial charge in [0.25, 0.3) is 0 Å². The minimum Gasteiger partial charge on any atom is -0.481 e. The fourth-order valence-corrected chi connectivity index (χ4v) is 2.83. The van der Waals surface area contributed by atoms with Crippen LogP contribution in [0.4, 0.5) is 0 Å². The second kappa shape index (κ2) is 5.07. The first-order valence-electron chi connectivity index (χ1n) is 6.65. The number of aliphatic carboxylic acids is 1. The summed E-state index contributed by atoms with van der Waals surface area (Å²) >= 11 is 0. The lowest BCUT2D eigenvalue weighted by Crippen LogP contribution is -2.37. The summed E-state index contributed by atoms with van der Waals surface area (Å²) < 4.78 is 0. The van der Waals surface area contributed by atoms with Crippen LogP contribution in [-0.2, 0) is 9.59 Å². The lowest BCUT2D eigenvalue weighted by molar-refractivity contribution is -0.144. The van der Waals surface area contributed by atoms with Crippen molar-refractivity contribution in [1.82, 2.24) is 5.32 Å². The average Bonchev–Trinajstić information content (AvgIpc) is 3.07. The van der Waals surface area contributed by atoms with E-state index in [1.807, 2.05) is 0 Å². The molecule has 4 nitrogen and oxygen atoms in total. The Labute approximate surface area is 102 Å². The van der Waals surface area contributed by atoms with Crippen LogP contribution >= 0.6 is 0 Å². The van der Waals surface area contributed by atoms with Gasteiger partial charge in [-0.1, -0.05) is 19.8 Å². The monoisotopic (exact) mass is 239 g/mol. The van der Waals surface area contributed by atoms with Crippen molar-refractivity contribution in [2.45, 2.75) is 51.5 Å². The first-order chi connectivity index (χ1) is 8.11. The van der Waals surface area contributed by atoms with Crippen LogP contribution in [0.5, 0.6) is 0 Å². The van der Waals surface area contributed by atoms with Crippen LogP contribution in [0.1, 0.15) is 45.4 Å². The van der Waals surface area contributed by atoms with E-state index in [2.05, 4.69) is 12.2 Å². The lowest BCUT2D eigenvalue weighted by Gasteiger charge is -2.25. The molecule has 17 heavy (non-hydrogen) atoms. The number of amides is 1. The first-order valence-corrected chi connectivity index (χ1v) is 6.65. The first kappa shape index (κ1) is 12.4. The summed E-state index contributed by atoms with van der Waals surface area (Å²) in [4.78, 5) is 22.9. The SMILES string of the molecule is CCC1CC1NC(=O)C1CCCC(C(=O)O)C1. The summed E-state index contributed by atoms with van der Waals surface area (Å²) in [6, 6.07) is 0.359. The van der Waals surface area contributed by atoms with Crippen LogP contribution in [0, 0.1) is 17.8 Å². The largest absolute Gasteiger partial charge is 0.481 e. The zero-order valence-electron chi connectivity index (χ0n) is 10.3. The van der Waals surface area contributed by atoms with E-state index in [0.717, 1.165) is 32.1 Å². The molecule has 4 unspecified atom stereocenters. The number of carbonyl (C=O) groups excluding carboxylic acids is 1. The van der Waals surface area contributed by atoms with Crippen molar-refractivity contribution in [2.75, 3.05) is 0 Å². The van der Waals surface area contributed by atoms with Crippen LogP contribution < -0.4 is 5.32 Å². The molecule has 4 atom stereocenters. The summed E-state index contributed by atoms with van der Waals surface area (Å²) in [5.74, 6) is -0.418. The predicted molar refractivity (Wildman–Crippen MR) is 63.4 cm³/mol. The molecule has 2 aliphatic rings. The van der Waals surface area contributed by atoms with Crippen molar-refractivity contribution >= 4 is 11.9 Å². The maximum Gasteiger partial charge on any atom is 0.306 e. The molecular formula is C13H21NO3. The minimum atomic E-state index is -0.750. The molecule has 0 aromatic carbocycles. The van der Waals surface area contributed by atoms with Gasteiger partial charge in [-0.25, -0.2) is 0 Å². The van der Waals surface area contributed by atoms with E-state index in [4.69, 9.17) is 5.11 Å². The molecule has 0 spiro atoms. The van der Waals surface area contributed by atoms with Crippen molar-refractivity contribution in [3.8, 4) is 0 Å². The topological polar surface area (TPSA) is 66.4 Å². The molecule has 1 amide bonds. The summed E-state index contributed by atoms with van der Waals surface area (Å²) in [6.45, 7) is 2.14. The Bertz CT molecular complexity index is 316. The quantitative estimate of drug-likeness (QED) is 0.786. The number of carbonyl (C=O) groups is 2. The van der Waals surface area contributed by atoms with Gasteiger partial charge < -0.3 is 10.4 Å². The van der Waals surface area contributed by atoms with Crippen LogP contribution in [-0.4, -0.2) is 23.0 Å². The number of carboxylic acid groups (broad SMARTS) is 1. The van der Waals surface area contributed by atoms with Crippen LogP contribution in [0.25, 0.3) is 0 Å². The molecule has 0 aromatic heterocycles. The van der Waals surface area contributed by atoms with E-state index in [1.54, 1.807) is 0 Å². The van der Waals surface area contributed by atoms with Crippen molar-refractivity contribution in [1.29, 1.82) is 0 Å². The summed E-state index contributed by atoms with van der Waals surface area (Å²) in [7, 11) is 0. The van der Waals surface area contributed by atoms with Gasteiger partial charge in [0, 0.05) is 12.0 Å². The highest BCUT2D eigenvalue weighted by molar-refractivity contribution is 5.80. The van der Waals surface area contributed by atoms with Crippen molar-refractivity contribution < 1.29 is 14.7 Å². The Morgan fingerprint density at radius 3 is 2.53 bits per heavy atom. The van der Waals surface area contributed by atoms with Crippen LogP contribution in [0.2, 0.25) is 0 Å². The normalized spacial score (nSPS) is 36.3. The molecule has 0 bridgehead atoms. The standard InChI is InChI=1S/C13H21NO3/c1-2-8-7-11(8)14-12(15)9-4-3-5-10(6-9)13(16)17/h8-11H,2-7H2,1H3,(H,14,15)(H,16,17). The van der Waals surface area contributed by atoms with Crippen molar-refractivity contribution in [3.05, 3.63) is 0 Å². The van der Waals surface area contributed by atoms with E-state index in [1.165, 1.54) is 0 Å². The van der Waals surface area contributed by atoms with E-state index < -0.39 is 5.97 Å². The molecule has 2 rings (SSSR count). The molecule has 0 radical (unpaired) electrons. The molecule has 0 aromatic rings. The van der Waals surface area contributed by atoms with Gasteiger partial charge >= 0.3 is 5.97 Å². The van der Waals surface area contributed by atoms with E-state index in [9.17, 15) is 9.59 Å². The molecule has 96 valence electrons. The van der Waals surface area contributed by atoms with Gasteiger partial charge in [0.15, 0.2) is 0 Å². The van der Waals surface area contributed by atoms with Crippen molar-refractivity contribution in [2.24, 2.45) is 17.8 Å². The van der Waals surface area contributed by atoms with Gasteiger partial charge in [0.05, 0.1) is 5.92 Å². The predicted octanol–water partition coefficient (Wildman–Crippen LogP) is 1.79. The third kappa shape index (κ3) is 2.99. The number of hydrogen-bond acceptors (Lipinski definition) is 2. The highest BCUT2D eigenvalue weighted by Crippen LogP contribution is 2.35. The number of hydrogen-bond donors (Lipinski definition) is 2. The maximum atomic E-state index is 12.0. The van der Waals surface area contributed by atoms with E-state index in [-0.39, 0.29) is 17.7 Å². The molecule has 2 aliphatic carbocycles. The summed E-state index contributed by atoms with van der Waals surface area (Å²) in [5, 5.41) is 12.0. The zero-order chi connectivity index (χ0) is 12.4. The van der Waals surface area contributed by atoms with Gasteiger partial charge in [0.1, 0.15) is 0 Å². The smallest absolute Gasteiger partial charge is 0.306 e. The van der Waals surface area contributed by atoms with Gasteiger partial charge in [-0.2, -0.15) is 0 Å². The molecular weight excluding hydrogens is 218 g/mol. The van der Waals surface area contributed by atoms with E-state index in [0.29, 0.717) is 18.4 Å². The highest BCUT2D eigenvalue weighted by atomic mass is 16.4. The molecule has 0 heterocycles. The fourth-order valence-electron chi connectivity index (χ4n) is 2.83. The second-order valence-electron chi connectivity index (χ2n) is 5.42. The average molecular weight is 239 g/mol. The number of carboxylic acids is 1. The molecule has 4 heteroatoms. The number of rotatable bonds is 4. The molecule has 0 saturated heterocycles. The summed E-state index contributed by atoms with van der Waals surface area (Å²) in [6.07, 6.45) is 5.16. The summed E-state index contributed by atoms with van der Waals surface area (Å²) in [5.41, 5.74) is 0. The third-order valence-corrected chi connectivity index (χ3v) is 4.17. The maximum absolute atomic E-state index is 12.0. The van der Waals surface area contributed by atoms with Gasteiger partial charge in [-0.15, -0.1) is 0 Å². The highest BCUT2D eigenvalue weighted by Gasteiger charge is 2.39. The van der Waals surface area contributed by atoms with Crippen LogP contribution in [0.15, 0.2) is 0 Å². The van der Waals surface area contributed by atoms with Gasteiger partial charge in [-0.05, 0) is 31.6 Å². The van der Waals surface area contributed by atoms with Crippen LogP contribution in [0.3, 0.4) is 0 Å². The fraction of sp³-hybridized carbons (Fsp3) is 0.846. The molecule has 2 saturated carbocycles. The molecule has 2 N–H and O–H groups in total. The second-order valence-corrected chi connectivity index (χ2v) is 5.42. The van der Waals surface area contributed by atoms with Crippen molar-refractivity contribution in [3.63, 3.8) is 0 Å². The Hall–Kier alpha value is -1.06. The van der Waals surface area contributed by atoms with Gasteiger partial charge in [0.2, 0.25) is 5.91 Å². The Morgan fingerprint density at radius 1 is 1.24 bits per heavy atom. The third-order valence-electron chi connectivity index (χ3n) is 4.17. The molecule has 2 fully saturated rings. The van der Waals surface area contributed by atoms with E-state index >= 15 is 0 Å². The zero-order valence-corrected chi connectivity index (χ0v) is 10.3. The lowest BCUT2D eigenvalue weighted by atomic mass is 9.81. The molecule has 0 aliphatic heterocycles. The number of nitrogens with one attached hydrogen (secondary N) is 1. The van der Waals surface area contributed by atoms with Gasteiger partial charge in [-0.3, -0.25) is 9.59 Å². The Morgan fingerprint density at radius 2 is 1.94 bits per heavy atom. The minimum absolute atomic E-state index is 0.0805. The Balaban J connectivity index is 1.81.